The minimum absolute atomic E-state index is 0.716. The highest BCUT2D eigenvalue weighted by molar-refractivity contribution is 9.10. The highest BCUT2D eigenvalue weighted by Gasteiger charge is 2.11. The van der Waals surface area contributed by atoms with Crippen LogP contribution in [0.4, 0.5) is 0 Å². The quantitative estimate of drug-likeness (QED) is 0.218. The molecule has 0 amide bonds. The predicted octanol–water partition coefficient (Wildman–Crippen LogP) is 9.57. The molecular weight excluding hydrogens is 516 g/mol. The molecular formula is C34H23BrN2. The number of rotatable bonds is 5. The molecule has 0 fully saturated rings. The third-order valence-electron chi connectivity index (χ3n) is 6.40. The van der Waals surface area contributed by atoms with Crippen molar-refractivity contribution in [3.05, 3.63) is 144 Å². The molecule has 0 saturated heterocycles. The van der Waals surface area contributed by atoms with E-state index in [0.29, 0.717) is 5.82 Å². The Kier molecular flexibility index (Phi) is 6.45. The summed E-state index contributed by atoms with van der Waals surface area (Å²) < 4.78 is 1.08. The van der Waals surface area contributed by atoms with Crippen molar-refractivity contribution in [3.63, 3.8) is 0 Å². The van der Waals surface area contributed by atoms with E-state index in [-0.39, 0.29) is 0 Å². The summed E-state index contributed by atoms with van der Waals surface area (Å²) >= 11 is 3.51. The minimum atomic E-state index is 0.716. The predicted molar refractivity (Wildman–Crippen MR) is 157 cm³/mol. The average molecular weight is 539 g/mol. The molecule has 3 heteroatoms. The van der Waals surface area contributed by atoms with E-state index in [4.69, 9.17) is 9.97 Å². The van der Waals surface area contributed by atoms with E-state index in [9.17, 15) is 0 Å². The number of hydrogen-bond donors (Lipinski definition) is 0. The van der Waals surface area contributed by atoms with Gasteiger partial charge in [0.05, 0.1) is 11.4 Å². The Labute approximate surface area is 225 Å². The first kappa shape index (κ1) is 23.1. The Hall–Kier alpha value is -4.34. The molecule has 0 bridgehead atoms. The molecule has 0 atom stereocenters. The van der Waals surface area contributed by atoms with E-state index in [0.717, 1.165) is 32.6 Å². The van der Waals surface area contributed by atoms with Gasteiger partial charge < -0.3 is 0 Å². The smallest absolute Gasteiger partial charge is 0.160 e. The van der Waals surface area contributed by atoms with E-state index in [1.807, 2.05) is 24.3 Å². The molecule has 0 spiro atoms. The maximum Gasteiger partial charge on any atom is 0.160 e. The van der Waals surface area contributed by atoms with Crippen LogP contribution in [0.3, 0.4) is 0 Å². The molecule has 0 saturated carbocycles. The van der Waals surface area contributed by atoms with E-state index >= 15 is 0 Å². The van der Waals surface area contributed by atoms with Crippen LogP contribution in [0.25, 0.3) is 56.2 Å². The fourth-order valence-corrected chi connectivity index (χ4v) is 4.66. The van der Waals surface area contributed by atoms with Crippen molar-refractivity contribution in [2.45, 2.75) is 0 Å². The van der Waals surface area contributed by atoms with Crippen LogP contribution < -0.4 is 0 Å². The number of halogens is 1. The molecule has 0 unspecified atom stereocenters. The summed E-state index contributed by atoms with van der Waals surface area (Å²) in [5.41, 5.74) is 9.65. The first-order chi connectivity index (χ1) is 18.2. The fraction of sp³-hybridized carbons (Fsp3) is 0. The van der Waals surface area contributed by atoms with Crippen LogP contribution in [0, 0.1) is 0 Å². The topological polar surface area (TPSA) is 25.8 Å². The summed E-state index contributed by atoms with van der Waals surface area (Å²) in [7, 11) is 0. The Morgan fingerprint density at radius 2 is 0.703 bits per heavy atom. The van der Waals surface area contributed by atoms with Crippen molar-refractivity contribution < 1.29 is 0 Å². The zero-order valence-corrected chi connectivity index (χ0v) is 21.6. The second kappa shape index (κ2) is 10.3. The van der Waals surface area contributed by atoms with Crippen LogP contribution in [-0.4, -0.2) is 9.97 Å². The molecule has 0 aliphatic rings. The number of nitrogens with zero attached hydrogens (tertiary/aromatic N) is 2. The van der Waals surface area contributed by atoms with Gasteiger partial charge in [0, 0.05) is 21.2 Å². The molecule has 1 heterocycles. The first-order valence-corrected chi connectivity index (χ1v) is 13.0. The van der Waals surface area contributed by atoms with Crippen molar-refractivity contribution in [1.29, 1.82) is 0 Å². The van der Waals surface area contributed by atoms with Crippen LogP contribution in [0.5, 0.6) is 0 Å². The summed E-state index contributed by atoms with van der Waals surface area (Å²) in [6, 6.07) is 48.2. The van der Waals surface area contributed by atoms with Crippen molar-refractivity contribution in [2.75, 3.05) is 0 Å². The molecule has 2 nitrogen and oxygen atoms in total. The summed E-state index contributed by atoms with van der Waals surface area (Å²) in [5, 5.41) is 0. The zero-order chi connectivity index (χ0) is 25.0. The van der Waals surface area contributed by atoms with Gasteiger partial charge in [-0.25, -0.2) is 9.97 Å². The van der Waals surface area contributed by atoms with Crippen LogP contribution in [0.2, 0.25) is 0 Å². The molecule has 0 N–H and O–H groups in total. The lowest BCUT2D eigenvalue weighted by Gasteiger charge is -2.11. The van der Waals surface area contributed by atoms with Gasteiger partial charge in [-0.2, -0.15) is 0 Å². The van der Waals surface area contributed by atoms with Gasteiger partial charge in [0.25, 0.3) is 0 Å². The third kappa shape index (κ3) is 5.13. The average Bonchev–Trinajstić information content (AvgIpc) is 2.98. The van der Waals surface area contributed by atoms with Crippen LogP contribution in [0.1, 0.15) is 0 Å². The van der Waals surface area contributed by atoms with Gasteiger partial charge in [-0.3, -0.25) is 0 Å². The SMILES string of the molecule is Brc1ccc(-c2ccc(-c3cc(-c4ccccc4)nc(-c4ccc(-c5ccccc5)cc4)n3)cc2)cc1. The monoisotopic (exact) mass is 538 g/mol. The van der Waals surface area contributed by atoms with Gasteiger partial charge in [0.15, 0.2) is 5.82 Å². The summed E-state index contributed by atoms with van der Waals surface area (Å²) in [6.07, 6.45) is 0. The highest BCUT2D eigenvalue weighted by atomic mass is 79.9. The molecule has 0 aliphatic carbocycles. The maximum atomic E-state index is 5.00. The fourth-order valence-electron chi connectivity index (χ4n) is 4.40. The first-order valence-electron chi connectivity index (χ1n) is 12.2. The van der Waals surface area contributed by atoms with Crippen molar-refractivity contribution in [3.8, 4) is 56.2 Å². The van der Waals surface area contributed by atoms with Gasteiger partial charge in [-0.15, -0.1) is 0 Å². The molecule has 0 radical (unpaired) electrons. The normalized spacial score (nSPS) is 10.8. The highest BCUT2D eigenvalue weighted by Crippen LogP contribution is 2.30. The Bertz CT molecular complexity index is 1630. The lowest BCUT2D eigenvalue weighted by molar-refractivity contribution is 1.18. The largest absolute Gasteiger partial charge is 0.228 e. The second-order valence-electron chi connectivity index (χ2n) is 8.86. The summed E-state index contributed by atoms with van der Waals surface area (Å²) in [5.74, 6) is 0.716. The Morgan fingerprint density at radius 1 is 0.351 bits per heavy atom. The lowest BCUT2D eigenvalue weighted by atomic mass is 10.0. The molecule has 1 aromatic heterocycles. The van der Waals surface area contributed by atoms with Gasteiger partial charge in [0.1, 0.15) is 0 Å². The van der Waals surface area contributed by atoms with Crippen molar-refractivity contribution >= 4 is 15.9 Å². The molecule has 0 aliphatic heterocycles. The molecule has 5 aromatic carbocycles. The summed E-state index contributed by atoms with van der Waals surface area (Å²) in [6.45, 7) is 0. The van der Waals surface area contributed by atoms with Crippen LogP contribution in [0.15, 0.2) is 144 Å². The van der Waals surface area contributed by atoms with Gasteiger partial charge in [-0.1, -0.05) is 137 Å². The zero-order valence-electron chi connectivity index (χ0n) is 20.1. The Morgan fingerprint density at radius 3 is 1.22 bits per heavy atom. The minimum Gasteiger partial charge on any atom is -0.228 e. The van der Waals surface area contributed by atoms with E-state index in [1.54, 1.807) is 0 Å². The van der Waals surface area contributed by atoms with Crippen molar-refractivity contribution in [2.24, 2.45) is 0 Å². The second-order valence-corrected chi connectivity index (χ2v) is 9.77. The van der Waals surface area contributed by atoms with E-state index < -0.39 is 0 Å². The van der Waals surface area contributed by atoms with Crippen molar-refractivity contribution in [1.82, 2.24) is 9.97 Å². The lowest BCUT2D eigenvalue weighted by Crippen LogP contribution is -1.96. The number of hydrogen-bond acceptors (Lipinski definition) is 2. The van der Waals surface area contributed by atoms with E-state index in [2.05, 4.69) is 131 Å². The molecule has 37 heavy (non-hydrogen) atoms. The third-order valence-corrected chi connectivity index (χ3v) is 6.93. The van der Waals surface area contributed by atoms with E-state index in [1.165, 1.54) is 22.3 Å². The van der Waals surface area contributed by atoms with Gasteiger partial charge in [0.2, 0.25) is 0 Å². The number of aromatic nitrogens is 2. The molecule has 6 rings (SSSR count). The standard InChI is InChI=1S/C34H23BrN2/c35-31-21-19-27(20-22-31)26-11-15-29(16-12-26)33-23-32(28-9-5-2-6-10-28)36-34(37-33)30-17-13-25(14-18-30)24-7-3-1-4-8-24/h1-23H. The Balaban J connectivity index is 1.40. The summed E-state index contributed by atoms with van der Waals surface area (Å²) in [4.78, 5) is 9.96. The van der Waals surface area contributed by atoms with Gasteiger partial charge in [-0.05, 0) is 40.5 Å². The van der Waals surface area contributed by atoms with Gasteiger partial charge >= 0.3 is 0 Å². The van der Waals surface area contributed by atoms with Crippen LogP contribution >= 0.6 is 15.9 Å². The molecule has 176 valence electrons. The van der Waals surface area contributed by atoms with Crippen LogP contribution in [-0.2, 0) is 0 Å². The maximum absolute atomic E-state index is 5.00. The molecule has 6 aromatic rings. The number of benzene rings is 5.